The maximum absolute atomic E-state index is 12.0. The molecule has 110 valence electrons. The molecule has 0 saturated carbocycles. The third kappa shape index (κ3) is 4.20. The minimum absolute atomic E-state index is 0.0480. The van der Waals surface area contributed by atoms with Gasteiger partial charge in [0.05, 0.1) is 5.41 Å². The van der Waals surface area contributed by atoms with Crippen molar-refractivity contribution < 1.29 is 14.7 Å². The van der Waals surface area contributed by atoms with Crippen LogP contribution in [0.4, 0.5) is 0 Å². The zero-order valence-electron chi connectivity index (χ0n) is 12.4. The van der Waals surface area contributed by atoms with Crippen molar-refractivity contribution in [1.29, 1.82) is 0 Å². The molecule has 1 aliphatic rings. The Morgan fingerprint density at radius 1 is 1.37 bits per heavy atom. The number of rotatable bonds is 5. The summed E-state index contributed by atoms with van der Waals surface area (Å²) in [6.45, 7) is 7.29. The number of carbonyl (C=O) groups is 2. The average Bonchev–Trinajstić information content (AvgIpc) is 2.31. The van der Waals surface area contributed by atoms with Crippen LogP contribution < -0.4 is 5.32 Å². The van der Waals surface area contributed by atoms with Crippen molar-refractivity contribution in [3.8, 4) is 0 Å². The molecule has 1 atom stereocenters. The second-order valence-corrected chi connectivity index (χ2v) is 6.20. The summed E-state index contributed by atoms with van der Waals surface area (Å²) < 4.78 is 0. The van der Waals surface area contributed by atoms with Gasteiger partial charge in [0.25, 0.3) is 0 Å². The fraction of sp³-hybridized carbons (Fsp3) is 0.857. The fourth-order valence-electron chi connectivity index (χ4n) is 2.29. The number of hydrogen-bond acceptors (Lipinski definition) is 3. The van der Waals surface area contributed by atoms with Gasteiger partial charge in [-0.3, -0.25) is 9.59 Å². The van der Waals surface area contributed by atoms with E-state index in [9.17, 15) is 14.7 Å². The summed E-state index contributed by atoms with van der Waals surface area (Å²) in [4.78, 5) is 25.6. The minimum atomic E-state index is -0.991. The van der Waals surface area contributed by atoms with Gasteiger partial charge in [-0.15, -0.1) is 0 Å². The van der Waals surface area contributed by atoms with Crippen LogP contribution in [0.25, 0.3) is 0 Å². The van der Waals surface area contributed by atoms with Crippen molar-refractivity contribution >= 4 is 11.9 Å². The topological polar surface area (TPSA) is 69.6 Å². The Kier molecular flexibility index (Phi) is 5.35. The van der Waals surface area contributed by atoms with Crippen molar-refractivity contribution in [1.82, 2.24) is 10.2 Å². The fourth-order valence-corrected chi connectivity index (χ4v) is 2.29. The molecule has 2 N–H and O–H groups in total. The van der Waals surface area contributed by atoms with Gasteiger partial charge in [0.1, 0.15) is 0 Å². The minimum Gasteiger partial charge on any atom is -0.481 e. The molecule has 0 aromatic carbocycles. The van der Waals surface area contributed by atoms with Crippen molar-refractivity contribution in [2.45, 2.75) is 46.1 Å². The van der Waals surface area contributed by atoms with Crippen LogP contribution in [-0.4, -0.2) is 48.1 Å². The average molecular weight is 270 g/mol. The van der Waals surface area contributed by atoms with Gasteiger partial charge in [-0.05, 0) is 45.8 Å². The van der Waals surface area contributed by atoms with Gasteiger partial charge >= 0.3 is 5.97 Å². The highest BCUT2D eigenvalue weighted by molar-refractivity contribution is 5.85. The van der Waals surface area contributed by atoms with Gasteiger partial charge in [0, 0.05) is 12.5 Å². The smallest absolute Gasteiger partial charge is 0.310 e. The highest BCUT2D eigenvalue weighted by atomic mass is 16.4. The maximum atomic E-state index is 12.0. The molecule has 0 radical (unpaired) electrons. The standard InChI is InChI=1S/C14H26N2O3/c1-10(2)14(3,13(18)19)9-12(17)15-11-5-7-16(4)8-6-11/h10-11H,5-9H2,1-4H3,(H,15,17)(H,18,19). The number of carbonyl (C=O) groups excluding carboxylic acids is 1. The molecule has 0 aromatic heterocycles. The Hall–Kier alpha value is -1.10. The SMILES string of the molecule is CC(C)C(C)(CC(=O)NC1CCN(C)CC1)C(=O)O. The molecule has 1 heterocycles. The lowest BCUT2D eigenvalue weighted by atomic mass is 9.76. The largest absolute Gasteiger partial charge is 0.481 e. The zero-order chi connectivity index (χ0) is 14.6. The van der Waals surface area contributed by atoms with E-state index in [0.29, 0.717) is 0 Å². The first kappa shape index (κ1) is 16.0. The number of amides is 1. The highest BCUT2D eigenvalue weighted by Gasteiger charge is 2.39. The van der Waals surface area contributed by atoms with Gasteiger partial charge in [-0.25, -0.2) is 0 Å². The summed E-state index contributed by atoms with van der Waals surface area (Å²) in [7, 11) is 2.07. The first-order valence-corrected chi connectivity index (χ1v) is 6.97. The van der Waals surface area contributed by atoms with Crippen LogP contribution in [0.3, 0.4) is 0 Å². The first-order chi connectivity index (χ1) is 8.75. The van der Waals surface area contributed by atoms with E-state index in [1.165, 1.54) is 0 Å². The monoisotopic (exact) mass is 270 g/mol. The molecule has 1 rings (SSSR count). The number of likely N-dealkylation sites (tertiary alicyclic amines) is 1. The normalized spacial score (nSPS) is 21.1. The van der Waals surface area contributed by atoms with Crippen LogP contribution in [0.15, 0.2) is 0 Å². The van der Waals surface area contributed by atoms with Crippen LogP contribution in [0, 0.1) is 11.3 Å². The second-order valence-electron chi connectivity index (χ2n) is 6.20. The van der Waals surface area contributed by atoms with Crippen molar-refractivity contribution in [2.75, 3.05) is 20.1 Å². The van der Waals surface area contributed by atoms with E-state index in [4.69, 9.17) is 0 Å². The Morgan fingerprint density at radius 2 is 1.89 bits per heavy atom. The molecular formula is C14H26N2O3. The van der Waals surface area contributed by atoms with Crippen LogP contribution >= 0.6 is 0 Å². The molecule has 5 heteroatoms. The van der Waals surface area contributed by atoms with Gasteiger partial charge in [0.2, 0.25) is 5.91 Å². The highest BCUT2D eigenvalue weighted by Crippen LogP contribution is 2.31. The first-order valence-electron chi connectivity index (χ1n) is 6.97. The van der Waals surface area contributed by atoms with Crippen molar-refractivity contribution in [3.63, 3.8) is 0 Å². The van der Waals surface area contributed by atoms with E-state index in [0.717, 1.165) is 25.9 Å². The zero-order valence-corrected chi connectivity index (χ0v) is 12.4. The van der Waals surface area contributed by atoms with E-state index in [1.807, 2.05) is 13.8 Å². The van der Waals surface area contributed by atoms with Crippen LogP contribution in [0.5, 0.6) is 0 Å². The summed E-state index contributed by atoms with van der Waals surface area (Å²) >= 11 is 0. The molecule has 1 unspecified atom stereocenters. The van der Waals surface area contributed by atoms with Crippen LogP contribution in [0.1, 0.15) is 40.0 Å². The summed E-state index contributed by atoms with van der Waals surface area (Å²) in [6, 6.07) is 0.189. The second kappa shape index (κ2) is 6.37. The van der Waals surface area contributed by atoms with Crippen molar-refractivity contribution in [3.05, 3.63) is 0 Å². The Morgan fingerprint density at radius 3 is 2.32 bits per heavy atom. The van der Waals surface area contributed by atoms with E-state index >= 15 is 0 Å². The van der Waals surface area contributed by atoms with Crippen molar-refractivity contribution in [2.24, 2.45) is 11.3 Å². The van der Waals surface area contributed by atoms with E-state index in [-0.39, 0.29) is 24.3 Å². The van der Waals surface area contributed by atoms with Gasteiger partial charge in [-0.2, -0.15) is 0 Å². The van der Waals surface area contributed by atoms with Gasteiger partial charge in [-0.1, -0.05) is 13.8 Å². The molecule has 1 aliphatic heterocycles. The summed E-state index contributed by atoms with van der Waals surface area (Å²) in [5.74, 6) is -1.12. The van der Waals surface area contributed by atoms with Crippen LogP contribution in [0.2, 0.25) is 0 Å². The molecule has 0 bridgehead atoms. The molecule has 0 aromatic rings. The molecule has 19 heavy (non-hydrogen) atoms. The number of nitrogens with one attached hydrogen (secondary N) is 1. The van der Waals surface area contributed by atoms with Gasteiger partial charge < -0.3 is 15.3 Å². The molecule has 0 spiro atoms. The Labute approximate surface area is 115 Å². The molecule has 0 aliphatic carbocycles. The van der Waals surface area contributed by atoms with Crippen LogP contribution in [-0.2, 0) is 9.59 Å². The number of hydrogen-bond donors (Lipinski definition) is 2. The number of piperidine rings is 1. The number of carboxylic acid groups (broad SMARTS) is 1. The Bertz CT molecular complexity index is 336. The summed E-state index contributed by atoms with van der Waals surface area (Å²) in [6.07, 6.45) is 1.92. The third-order valence-electron chi connectivity index (χ3n) is 4.37. The third-order valence-corrected chi connectivity index (χ3v) is 4.37. The van der Waals surface area contributed by atoms with E-state index in [1.54, 1.807) is 6.92 Å². The lowest BCUT2D eigenvalue weighted by Gasteiger charge is -2.32. The molecule has 1 saturated heterocycles. The number of nitrogens with zero attached hydrogens (tertiary/aromatic N) is 1. The summed E-state index contributed by atoms with van der Waals surface area (Å²) in [5.41, 5.74) is -0.991. The number of carboxylic acids is 1. The predicted molar refractivity (Wildman–Crippen MR) is 73.9 cm³/mol. The van der Waals surface area contributed by atoms with E-state index < -0.39 is 11.4 Å². The molecule has 5 nitrogen and oxygen atoms in total. The lowest BCUT2D eigenvalue weighted by molar-refractivity contribution is -0.153. The van der Waals surface area contributed by atoms with Gasteiger partial charge in [0.15, 0.2) is 0 Å². The lowest BCUT2D eigenvalue weighted by Crippen LogP contribution is -2.46. The Balaban J connectivity index is 2.52. The number of aliphatic carboxylic acids is 1. The predicted octanol–water partition coefficient (Wildman–Crippen LogP) is 1.33. The summed E-state index contributed by atoms with van der Waals surface area (Å²) in [5, 5.41) is 12.3. The molecule has 1 amide bonds. The molecule has 1 fully saturated rings. The molecular weight excluding hydrogens is 244 g/mol. The quantitative estimate of drug-likeness (QED) is 0.791. The maximum Gasteiger partial charge on any atom is 0.310 e. The van der Waals surface area contributed by atoms with E-state index in [2.05, 4.69) is 17.3 Å².